The number of piperidine rings is 1. The number of nitrogens with zero attached hydrogens (tertiary/aromatic N) is 3. The lowest BCUT2D eigenvalue weighted by Gasteiger charge is -2.39. The molecule has 1 N–H and O–H groups in total. The summed E-state index contributed by atoms with van der Waals surface area (Å²) in [6, 6.07) is 20.2. The molecule has 1 fully saturated rings. The Bertz CT molecular complexity index is 1030. The van der Waals surface area contributed by atoms with Crippen LogP contribution in [0.5, 0.6) is 5.75 Å². The van der Waals surface area contributed by atoms with Gasteiger partial charge in [0.05, 0.1) is 12.3 Å². The molecule has 0 bridgehead atoms. The van der Waals surface area contributed by atoms with Crippen molar-refractivity contribution in [3.8, 4) is 11.4 Å². The Morgan fingerprint density at radius 3 is 2.53 bits per heavy atom. The summed E-state index contributed by atoms with van der Waals surface area (Å²) in [4.78, 5) is 14.9. The standard InChI is InChI=1S/C27H34N4O3/c1-27(2,3)34-26(32)29-25-14-17-30(18-21-8-5-4-6-9-21)19-22(25)20-33-24-12-10-23(11-13-24)31-16-7-15-28-31/h4-13,15-16,22,25H,14,17-20H2,1-3H3,(H,29,32)/t22-,25+/m0/s1. The Balaban J connectivity index is 1.40. The zero-order valence-electron chi connectivity index (χ0n) is 20.2. The van der Waals surface area contributed by atoms with Crippen molar-refractivity contribution < 1.29 is 14.3 Å². The maximum absolute atomic E-state index is 12.5. The number of alkyl carbamates (subject to hydrolysis) is 1. The molecule has 1 aliphatic rings. The van der Waals surface area contributed by atoms with E-state index in [0.717, 1.165) is 37.5 Å². The van der Waals surface area contributed by atoms with Crippen LogP contribution in [0.15, 0.2) is 73.1 Å². The maximum Gasteiger partial charge on any atom is 0.407 e. The first kappa shape index (κ1) is 23.8. The molecule has 2 atom stereocenters. The molecule has 0 aliphatic carbocycles. The highest BCUT2D eigenvalue weighted by Crippen LogP contribution is 2.23. The lowest BCUT2D eigenvalue weighted by Crippen LogP contribution is -2.53. The van der Waals surface area contributed by atoms with Crippen LogP contribution in [-0.2, 0) is 11.3 Å². The van der Waals surface area contributed by atoms with Gasteiger partial charge in [-0.05, 0) is 63.1 Å². The fraction of sp³-hybridized carbons (Fsp3) is 0.407. The average Bonchev–Trinajstić information content (AvgIpc) is 3.34. The van der Waals surface area contributed by atoms with Crippen molar-refractivity contribution in [2.24, 2.45) is 5.92 Å². The van der Waals surface area contributed by atoms with Gasteiger partial charge in [-0.15, -0.1) is 0 Å². The summed E-state index contributed by atoms with van der Waals surface area (Å²) in [6.45, 7) is 8.76. The maximum atomic E-state index is 12.5. The highest BCUT2D eigenvalue weighted by Gasteiger charge is 2.32. The van der Waals surface area contributed by atoms with Crippen molar-refractivity contribution in [1.82, 2.24) is 20.0 Å². The summed E-state index contributed by atoms with van der Waals surface area (Å²) >= 11 is 0. The van der Waals surface area contributed by atoms with E-state index in [1.807, 2.05) is 68.0 Å². The number of ether oxygens (including phenoxy) is 2. The second kappa shape index (κ2) is 10.7. The van der Waals surface area contributed by atoms with E-state index in [1.165, 1.54) is 5.56 Å². The number of hydrogen-bond donors (Lipinski definition) is 1. The highest BCUT2D eigenvalue weighted by molar-refractivity contribution is 5.68. The average molecular weight is 463 g/mol. The molecule has 3 aromatic rings. The molecule has 4 rings (SSSR count). The van der Waals surface area contributed by atoms with E-state index < -0.39 is 5.60 Å². The molecule has 0 spiro atoms. The van der Waals surface area contributed by atoms with Crippen LogP contribution in [0.3, 0.4) is 0 Å². The number of aromatic nitrogens is 2. The predicted octanol–water partition coefficient (Wildman–Crippen LogP) is 4.67. The molecular weight excluding hydrogens is 428 g/mol. The quantitative estimate of drug-likeness (QED) is 0.553. The van der Waals surface area contributed by atoms with Gasteiger partial charge in [-0.2, -0.15) is 5.10 Å². The molecule has 2 aromatic carbocycles. The number of benzene rings is 2. The number of amides is 1. The number of likely N-dealkylation sites (tertiary alicyclic amines) is 1. The van der Waals surface area contributed by atoms with Gasteiger partial charge in [0, 0.05) is 44.0 Å². The lowest BCUT2D eigenvalue weighted by atomic mass is 9.92. The minimum Gasteiger partial charge on any atom is -0.493 e. The molecular formula is C27H34N4O3. The van der Waals surface area contributed by atoms with E-state index >= 15 is 0 Å². The van der Waals surface area contributed by atoms with Gasteiger partial charge < -0.3 is 14.8 Å². The van der Waals surface area contributed by atoms with Crippen molar-refractivity contribution >= 4 is 6.09 Å². The predicted molar refractivity (Wildman–Crippen MR) is 132 cm³/mol. The van der Waals surface area contributed by atoms with Crippen molar-refractivity contribution in [1.29, 1.82) is 0 Å². The Hall–Kier alpha value is -3.32. The lowest BCUT2D eigenvalue weighted by molar-refractivity contribution is 0.0389. The zero-order valence-corrected chi connectivity index (χ0v) is 20.2. The molecule has 0 saturated carbocycles. The normalized spacial score (nSPS) is 18.9. The number of nitrogens with one attached hydrogen (secondary N) is 1. The molecule has 1 aliphatic heterocycles. The van der Waals surface area contributed by atoms with Crippen LogP contribution in [-0.4, -0.2) is 52.1 Å². The van der Waals surface area contributed by atoms with Gasteiger partial charge in [0.1, 0.15) is 11.4 Å². The largest absolute Gasteiger partial charge is 0.493 e. The number of hydrogen-bond acceptors (Lipinski definition) is 5. The second-order valence-corrected chi connectivity index (χ2v) is 9.78. The Morgan fingerprint density at radius 1 is 1.09 bits per heavy atom. The van der Waals surface area contributed by atoms with Crippen molar-refractivity contribution in [2.45, 2.75) is 45.4 Å². The third-order valence-corrected chi connectivity index (χ3v) is 5.84. The molecule has 7 nitrogen and oxygen atoms in total. The van der Waals surface area contributed by atoms with Crippen molar-refractivity contribution in [3.63, 3.8) is 0 Å². The molecule has 180 valence electrons. The van der Waals surface area contributed by atoms with Crippen LogP contribution >= 0.6 is 0 Å². The molecule has 34 heavy (non-hydrogen) atoms. The monoisotopic (exact) mass is 462 g/mol. The fourth-order valence-electron chi connectivity index (χ4n) is 4.23. The molecule has 1 amide bonds. The van der Waals surface area contributed by atoms with E-state index in [-0.39, 0.29) is 18.1 Å². The fourth-order valence-corrected chi connectivity index (χ4v) is 4.23. The van der Waals surface area contributed by atoms with Crippen LogP contribution in [0.1, 0.15) is 32.8 Å². The third kappa shape index (κ3) is 6.84. The highest BCUT2D eigenvalue weighted by atomic mass is 16.6. The molecule has 1 saturated heterocycles. The van der Waals surface area contributed by atoms with E-state index in [1.54, 1.807) is 6.20 Å². The molecule has 1 aromatic heterocycles. The van der Waals surface area contributed by atoms with Crippen LogP contribution in [0.2, 0.25) is 0 Å². The van der Waals surface area contributed by atoms with E-state index in [2.05, 4.69) is 39.6 Å². The summed E-state index contributed by atoms with van der Waals surface area (Å²) in [5, 5.41) is 7.35. The topological polar surface area (TPSA) is 68.6 Å². The summed E-state index contributed by atoms with van der Waals surface area (Å²) in [6.07, 6.45) is 4.14. The number of rotatable bonds is 7. The van der Waals surface area contributed by atoms with Gasteiger partial charge in [-0.1, -0.05) is 30.3 Å². The summed E-state index contributed by atoms with van der Waals surface area (Å²) < 4.78 is 13.5. The van der Waals surface area contributed by atoms with Gasteiger partial charge >= 0.3 is 6.09 Å². The van der Waals surface area contributed by atoms with Crippen LogP contribution in [0.4, 0.5) is 4.79 Å². The minimum absolute atomic E-state index is 0.00905. The molecule has 2 heterocycles. The van der Waals surface area contributed by atoms with E-state index in [4.69, 9.17) is 9.47 Å². The smallest absolute Gasteiger partial charge is 0.407 e. The molecule has 0 radical (unpaired) electrons. The van der Waals surface area contributed by atoms with Gasteiger partial charge in [-0.3, -0.25) is 4.90 Å². The van der Waals surface area contributed by atoms with Gasteiger partial charge in [0.25, 0.3) is 0 Å². The molecule has 0 unspecified atom stereocenters. The van der Waals surface area contributed by atoms with Gasteiger partial charge in [0.2, 0.25) is 0 Å². The summed E-state index contributed by atoms with van der Waals surface area (Å²) in [5.74, 6) is 0.933. The Labute approximate surface area is 201 Å². The van der Waals surface area contributed by atoms with Gasteiger partial charge in [-0.25, -0.2) is 9.48 Å². The third-order valence-electron chi connectivity index (χ3n) is 5.84. The first-order chi connectivity index (χ1) is 16.4. The molecule has 7 heteroatoms. The number of carbonyl (C=O) groups excluding carboxylic acids is 1. The first-order valence-corrected chi connectivity index (χ1v) is 11.8. The Kier molecular flexibility index (Phi) is 7.53. The van der Waals surface area contributed by atoms with E-state index in [9.17, 15) is 4.79 Å². The van der Waals surface area contributed by atoms with Crippen LogP contribution < -0.4 is 10.1 Å². The minimum atomic E-state index is -0.527. The van der Waals surface area contributed by atoms with Crippen LogP contribution in [0, 0.1) is 5.92 Å². The van der Waals surface area contributed by atoms with Gasteiger partial charge in [0.15, 0.2) is 0 Å². The van der Waals surface area contributed by atoms with Crippen molar-refractivity contribution in [3.05, 3.63) is 78.6 Å². The Morgan fingerprint density at radius 2 is 1.85 bits per heavy atom. The zero-order chi connectivity index (χ0) is 24.0. The summed E-state index contributed by atoms with van der Waals surface area (Å²) in [7, 11) is 0. The van der Waals surface area contributed by atoms with E-state index in [0.29, 0.717) is 6.61 Å². The first-order valence-electron chi connectivity index (χ1n) is 11.8. The number of carbonyl (C=O) groups is 1. The summed E-state index contributed by atoms with van der Waals surface area (Å²) in [5.41, 5.74) is 1.74. The SMILES string of the molecule is CC(C)(C)OC(=O)N[C@@H]1CCN(Cc2ccccc2)C[C@H]1COc1ccc(-n2cccn2)cc1. The second-order valence-electron chi connectivity index (χ2n) is 9.78. The van der Waals surface area contributed by atoms with Crippen molar-refractivity contribution in [2.75, 3.05) is 19.7 Å². The van der Waals surface area contributed by atoms with Crippen LogP contribution in [0.25, 0.3) is 5.69 Å².